The smallest absolute Gasteiger partial charge is 0.372 e. The van der Waals surface area contributed by atoms with Crippen LogP contribution in [0.3, 0.4) is 0 Å². The molecule has 0 amide bonds. The van der Waals surface area contributed by atoms with Crippen LogP contribution in [-0.2, 0) is 15.8 Å². The standard InChI is InChI=1S/C11H9F3N2O2/c12-11(13,14)6-1-2-7-8(3-6)15-5-16-10(7)9(18)4-17/h1-4,10,15-16H,5H2. The van der Waals surface area contributed by atoms with Gasteiger partial charge in [0.05, 0.1) is 12.2 Å². The van der Waals surface area contributed by atoms with Crippen molar-refractivity contribution >= 4 is 17.8 Å². The van der Waals surface area contributed by atoms with Gasteiger partial charge in [-0.2, -0.15) is 13.2 Å². The summed E-state index contributed by atoms with van der Waals surface area (Å²) in [6, 6.07) is 2.13. The van der Waals surface area contributed by atoms with Crippen molar-refractivity contribution in [3.8, 4) is 0 Å². The molecule has 4 nitrogen and oxygen atoms in total. The Morgan fingerprint density at radius 1 is 1.39 bits per heavy atom. The zero-order valence-electron chi connectivity index (χ0n) is 9.04. The first-order valence-electron chi connectivity index (χ1n) is 5.11. The normalized spacial score (nSPS) is 18.7. The summed E-state index contributed by atoms with van der Waals surface area (Å²) in [5, 5.41) is 5.42. The molecule has 0 saturated carbocycles. The van der Waals surface area contributed by atoms with Gasteiger partial charge < -0.3 is 5.32 Å². The van der Waals surface area contributed by atoms with Crippen molar-refractivity contribution in [1.29, 1.82) is 0 Å². The van der Waals surface area contributed by atoms with Gasteiger partial charge in [0.15, 0.2) is 6.29 Å². The summed E-state index contributed by atoms with van der Waals surface area (Å²) >= 11 is 0. The van der Waals surface area contributed by atoms with Gasteiger partial charge in [0.25, 0.3) is 0 Å². The van der Waals surface area contributed by atoms with Gasteiger partial charge in [-0.1, -0.05) is 6.07 Å². The van der Waals surface area contributed by atoms with E-state index in [2.05, 4.69) is 10.6 Å². The quantitative estimate of drug-likeness (QED) is 0.623. The third kappa shape index (κ3) is 2.21. The van der Waals surface area contributed by atoms with Gasteiger partial charge in [-0.3, -0.25) is 14.9 Å². The maximum absolute atomic E-state index is 12.5. The minimum atomic E-state index is -4.44. The summed E-state index contributed by atoms with van der Waals surface area (Å²) in [6.07, 6.45) is -4.28. The zero-order chi connectivity index (χ0) is 13.3. The number of carbonyl (C=O) groups excluding carboxylic acids is 2. The Kier molecular flexibility index (Phi) is 3.08. The van der Waals surface area contributed by atoms with Crippen LogP contribution in [0.15, 0.2) is 18.2 Å². The minimum absolute atomic E-state index is 0.124. The summed E-state index contributed by atoms with van der Waals surface area (Å²) in [7, 11) is 0. The number of hydrogen-bond donors (Lipinski definition) is 2. The highest BCUT2D eigenvalue weighted by Gasteiger charge is 2.33. The van der Waals surface area contributed by atoms with Crippen molar-refractivity contribution in [2.24, 2.45) is 0 Å². The topological polar surface area (TPSA) is 58.2 Å². The lowest BCUT2D eigenvalue weighted by atomic mass is 9.97. The Bertz CT molecular complexity index is 500. The van der Waals surface area contributed by atoms with E-state index in [0.29, 0.717) is 5.56 Å². The second-order valence-corrected chi connectivity index (χ2v) is 3.81. The highest BCUT2D eigenvalue weighted by Crippen LogP contribution is 2.35. The molecule has 1 aromatic carbocycles. The SMILES string of the molecule is O=CC(=O)C1NCNc2cc(C(F)(F)F)ccc21. The minimum Gasteiger partial charge on any atom is -0.372 e. The average Bonchev–Trinajstić information content (AvgIpc) is 2.35. The molecular formula is C11H9F3N2O2. The van der Waals surface area contributed by atoms with E-state index in [9.17, 15) is 22.8 Å². The number of halogens is 3. The maximum Gasteiger partial charge on any atom is 0.416 e. The Morgan fingerprint density at radius 3 is 2.72 bits per heavy atom. The first-order chi connectivity index (χ1) is 8.43. The van der Waals surface area contributed by atoms with Crippen LogP contribution in [-0.4, -0.2) is 18.7 Å². The van der Waals surface area contributed by atoms with Crippen molar-refractivity contribution in [2.75, 3.05) is 12.0 Å². The van der Waals surface area contributed by atoms with Gasteiger partial charge in [0.2, 0.25) is 5.78 Å². The van der Waals surface area contributed by atoms with E-state index >= 15 is 0 Å². The summed E-state index contributed by atoms with van der Waals surface area (Å²) in [4.78, 5) is 21.8. The molecule has 1 aromatic rings. The third-order valence-corrected chi connectivity index (χ3v) is 2.68. The van der Waals surface area contributed by atoms with E-state index in [0.717, 1.165) is 12.1 Å². The number of alkyl halides is 3. The van der Waals surface area contributed by atoms with Crippen molar-refractivity contribution < 1.29 is 22.8 Å². The molecule has 1 aliphatic heterocycles. The van der Waals surface area contributed by atoms with Gasteiger partial charge in [0, 0.05) is 11.3 Å². The molecule has 1 unspecified atom stereocenters. The fourth-order valence-electron chi connectivity index (χ4n) is 1.82. The van der Waals surface area contributed by atoms with Crippen LogP contribution in [0.2, 0.25) is 0 Å². The number of hydrogen-bond acceptors (Lipinski definition) is 4. The van der Waals surface area contributed by atoms with Crippen LogP contribution in [0.25, 0.3) is 0 Å². The number of benzene rings is 1. The average molecular weight is 258 g/mol. The molecule has 1 heterocycles. The van der Waals surface area contributed by atoms with E-state index in [-0.39, 0.29) is 18.6 Å². The second-order valence-electron chi connectivity index (χ2n) is 3.81. The van der Waals surface area contributed by atoms with Gasteiger partial charge >= 0.3 is 6.18 Å². The molecule has 0 aromatic heterocycles. The van der Waals surface area contributed by atoms with Crippen LogP contribution >= 0.6 is 0 Å². The predicted molar refractivity (Wildman–Crippen MR) is 56.9 cm³/mol. The van der Waals surface area contributed by atoms with Gasteiger partial charge in [-0.05, 0) is 12.1 Å². The first kappa shape index (κ1) is 12.6. The second kappa shape index (κ2) is 4.41. The summed E-state index contributed by atoms with van der Waals surface area (Å²) < 4.78 is 37.5. The summed E-state index contributed by atoms with van der Waals surface area (Å²) in [6.45, 7) is 0.124. The number of nitrogens with one attached hydrogen (secondary N) is 2. The number of fused-ring (bicyclic) bond motifs is 1. The molecular weight excluding hydrogens is 249 g/mol. The predicted octanol–water partition coefficient (Wildman–Crippen LogP) is 1.49. The third-order valence-electron chi connectivity index (χ3n) is 2.68. The van der Waals surface area contributed by atoms with E-state index in [1.807, 2.05) is 0 Å². The summed E-state index contributed by atoms with van der Waals surface area (Å²) in [5.41, 5.74) is -0.247. The molecule has 18 heavy (non-hydrogen) atoms. The molecule has 0 radical (unpaired) electrons. The number of anilines is 1. The first-order valence-corrected chi connectivity index (χ1v) is 5.11. The molecule has 2 N–H and O–H groups in total. The molecule has 2 rings (SSSR count). The number of aldehydes is 1. The Balaban J connectivity index is 2.42. The van der Waals surface area contributed by atoms with Crippen LogP contribution in [0.4, 0.5) is 18.9 Å². The van der Waals surface area contributed by atoms with E-state index in [4.69, 9.17) is 0 Å². The largest absolute Gasteiger partial charge is 0.416 e. The van der Waals surface area contributed by atoms with Gasteiger partial charge in [-0.25, -0.2) is 0 Å². The van der Waals surface area contributed by atoms with E-state index in [1.54, 1.807) is 0 Å². The van der Waals surface area contributed by atoms with Crippen molar-refractivity contribution in [3.05, 3.63) is 29.3 Å². The molecule has 0 fully saturated rings. The Labute approximate surface area is 100 Å². The lowest BCUT2D eigenvalue weighted by Crippen LogP contribution is -2.37. The molecule has 0 saturated heterocycles. The van der Waals surface area contributed by atoms with Crippen LogP contribution in [0.5, 0.6) is 0 Å². The fraction of sp³-hybridized carbons (Fsp3) is 0.273. The van der Waals surface area contributed by atoms with Crippen molar-refractivity contribution in [1.82, 2.24) is 5.32 Å². The highest BCUT2D eigenvalue weighted by atomic mass is 19.4. The Hall–Kier alpha value is -1.89. The molecule has 1 aliphatic rings. The van der Waals surface area contributed by atoms with Crippen LogP contribution in [0.1, 0.15) is 17.2 Å². The lowest BCUT2D eigenvalue weighted by Gasteiger charge is -2.26. The lowest BCUT2D eigenvalue weighted by molar-refractivity contribution is -0.137. The van der Waals surface area contributed by atoms with E-state index < -0.39 is 23.6 Å². The van der Waals surface area contributed by atoms with Crippen molar-refractivity contribution in [2.45, 2.75) is 12.2 Å². The molecule has 0 bridgehead atoms. The van der Waals surface area contributed by atoms with Crippen molar-refractivity contribution in [3.63, 3.8) is 0 Å². The van der Waals surface area contributed by atoms with E-state index in [1.165, 1.54) is 6.07 Å². The molecule has 1 atom stereocenters. The fourth-order valence-corrected chi connectivity index (χ4v) is 1.82. The molecule has 96 valence electrons. The van der Waals surface area contributed by atoms with Crippen LogP contribution < -0.4 is 10.6 Å². The summed E-state index contributed by atoms with van der Waals surface area (Å²) in [5.74, 6) is -0.711. The molecule has 7 heteroatoms. The molecule has 0 spiro atoms. The Morgan fingerprint density at radius 2 is 2.11 bits per heavy atom. The number of rotatable bonds is 2. The van der Waals surface area contributed by atoms with Gasteiger partial charge in [0.1, 0.15) is 6.04 Å². The highest BCUT2D eigenvalue weighted by molar-refractivity contribution is 6.27. The maximum atomic E-state index is 12.5. The monoisotopic (exact) mass is 258 g/mol. The zero-order valence-corrected chi connectivity index (χ0v) is 9.04. The number of Topliss-reactive ketones (excluding diaryl/α,β-unsaturated/α-hetero) is 1. The number of ketones is 1. The van der Waals surface area contributed by atoms with Gasteiger partial charge in [-0.15, -0.1) is 0 Å². The van der Waals surface area contributed by atoms with Crippen LogP contribution in [0, 0.1) is 0 Å². The molecule has 0 aliphatic carbocycles. The number of carbonyl (C=O) groups is 2.